The third kappa shape index (κ3) is 6.85. The summed E-state index contributed by atoms with van der Waals surface area (Å²) in [6, 6.07) is -3.62. The Balaban J connectivity index is 1.84. The number of amides is 4. The maximum Gasteiger partial charge on any atom is 0.471 e. The molecule has 0 radical (unpaired) electrons. The van der Waals surface area contributed by atoms with E-state index in [0.29, 0.717) is 25.9 Å². The molecule has 214 valence electrons. The second kappa shape index (κ2) is 11.2. The van der Waals surface area contributed by atoms with Gasteiger partial charge in [0, 0.05) is 19.6 Å². The first-order valence-electron chi connectivity index (χ1n) is 13.3. The minimum absolute atomic E-state index is 0.0540. The van der Waals surface area contributed by atoms with Gasteiger partial charge in [-0.2, -0.15) is 13.2 Å². The molecule has 0 aromatic rings. The Morgan fingerprint density at radius 3 is 1.97 bits per heavy atom. The van der Waals surface area contributed by atoms with Crippen LogP contribution in [-0.4, -0.2) is 83.1 Å². The molecule has 0 aromatic heterocycles. The largest absolute Gasteiger partial charge is 0.471 e. The number of hydrogen-bond donors (Lipinski definition) is 2. The Hall–Kier alpha value is -2.66. The quantitative estimate of drug-likeness (QED) is 0.431. The van der Waals surface area contributed by atoms with Crippen LogP contribution in [0.3, 0.4) is 0 Å². The molecule has 9 nitrogen and oxygen atoms in total. The molecule has 2 aliphatic heterocycles. The van der Waals surface area contributed by atoms with E-state index in [-0.39, 0.29) is 24.3 Å². The van der Waals surface area contributed by atoms with E-state index in [4.69, 9.17) is 0 Å². The number of Topliss-reactive ketones (excluding diaryl/α,β-unsaturated/α-hetero) is 1. The van der Waals surface area contributed by atoms with Crippen molar-refractivity contribution in [2.24, 2.45) is 23.2 Å². The molecule has 4 atom stereocenters. The van der Waals surface area contributed by atoms with Gasteiger partial charge in [-0.15, -0.1) is 0 Å². The molecule has 1 aliphatic carbocycles. The first kappa shape index (κ1) is 29.9. The monoisotopic (exact) mass is 544 g/mol. The van der Waals surface area contributed by atoms with Crippen molar-refractivity contribution in [3.05, 3.63) is 0 Å². The van der Waals surface area contributed by atoms with Crippen LogP contribution < -0.4 is 10.6 Å². The van der Waals surface area contributed by atoms with Crippen LogP contribution in [0, 0.1) is 23.2 Å². The van der Waals surface area contributed by atoms with Crippen molar-refractivity contribution in [2.45, 2.75) is 91.0 Å². The summed E-state index contributed by atoms with van der Waals surface area (Å²) in [5.41, 5.74) is -1.08. The Morgan fingerprint density at radius 2 is 1.53 bits per heavy atom. The van der Waals surface area contributed by atoms with E-state index < -0.39 is 59.1 Å². The molecule has 0 spiro atoms. The second-order valence-corrected chi connectivity index (χ2v) is 12.2. The minimum atomic E-state index is -5.18. The normalized spacial score (nSPS) is 23.5. The summed E-state index contributed by atoms with van der Waals surface area (Å²) in [7, 11) is 0. The van der Waals surface area contributed by atoms with Crippen LogP contribution in [0.1, 0.15) is 66.7 Å². The van der Waals surface area contributed by atoms with Crippen molar-refractivity contribution in [2.75, 3.05) is 19.6 Å². The number of ketones is 1. The van der Waals surface area contributed by atoms with Gasteiger partial charge in [0.05, 0.1) is 6.04 Å². The number of alkyl halides is 3. The number of halogens is 3. The fourth-order valence-electron chi connectivity index (χ4n) is 5.12. The fourth-order valence-corrected chi connectivity index (χ4v) is 5.12. The van der Waals surface area contributed by atoms with Crippen LogP contribution in [0.2, 0.25) is 0 Å². The maximum atomic E-state index is 13.7. The van der Waals surface area contributed by atoms with E-state index in [9.17, 15) is 37.1 Å². The molecule has 12 heteroatoms. The number of carbonyl (C=O) groups is 5. The lowest BCUT2D eigenvalue weighted by atomic mass is 9.84. The molecule has 38 heavy (non-hydrogen) atoms. The third-order valence-electron chi connectivity index (χ3n) is 7.75. The summed E-state index contributed by atoms with van der Waals surface area (Å²) < 4.78 is 39.1. The SMILES string of the molecule is CC(C)C1CCN(C(=O)[C@@H](NC(=O)C(F)(F)F)C(C)(C)C)[C@@H]1C(=O)NC(CC1CC1)C(=O)C(=O)N1CCC1. The molecule has 2 saturated heterocycles. The maximum absolute atomic E-state index is 13.7. The van der Waals surface area contributed by atoms with E-state index in [0.717, 1.165) is 19.3 Å². The predicted molar refractivity (Wildman–Crippen MR) is 131 cm³/mol. The van der Waals surface area contributed by atoms with Crippen LogP contribution in [0.4, 0.5) is 13.2 Å². The van der Waals surface area contributed by atoms with Gasteiger partial charge in [0.25, 0.3) is 5.91 Å². The van der Waals surface area contributed by atoms with Crippen LogP contribution in [0.25, 0.3) is 0 Å². The number of likely N-dealkylation sites (tertiary alicyclic amines) is 2. The molecule has 2 unspecified atom stereocenters. The molecule has 2 heterocycles. The van der Waals surface area contributed by atoms with E-state index in [1.54, 1.807) is 0 Å². The van der Waals surface area contributed by atoms with Gasteiger partial charge in [0.1, 0.15) is 12.1 Å². The van der Waals surface area contributed by atoms with E-state index in [1.807, 2.05) is 19.2 Å². The van der Waals surface area contributed by atoms with Crippen molar-refractivity contribution < 1.29 is 37.1 Å². The Labute approximate surface area is 221 Å². The molecule has 3 fully saturated rings. The highest BCUT2D eigenvalue weighted by Gasteiger charge is 2.50. The lowest BCUT2D eigenvalue weighted by molar-refractivity contribution is -0.176. The number of hydrogen-bond acceptors (Lipinski definition) is 5. The number of nitrogens with zero attached hydrogens (tertiary/aromatic N) is 2. The number of carbonyl (C=O) groups excluding carboxylic acids is 5. The van der Waals surface area contributed by atoms with Crippen LogP contribution >= 0.6 is 0 Å². The molecule has 0 aromatic carbocycles. The third-order valence-corrected chi connectivity index (χ3v) is 7.75. The van der Waals surface area contributed by atoms with Gasteiger partial charge in [-0.3, -0.25) is 24.0 Å². The predicted octanol–water partition coefficient (Wildman–Crippen LogP) is 2.04. The van der Waals surface area contributed by atoms with Gasteiger partial charge in [0.2, 0.25) is 17.6 Å². The average molecular weight is 545 g/mol. The number of rotatable bonds is 9. The highest BCUT2D eigenvalue weighted by Crippen LogP contribution is 2.36. The van der Waals surface area contributed by atoms with Crippen molar-refractivity contribution in [1.29, 1.82) is 0 Å². The van der Waals surface area contributed by atoms with Crippen molar-refractivity contribution in [1.82, 2.24) is 20.4 Å². The van der Waals surface area contributed by atoms with Gasteiger partial charge in [-0.1, -0.05) is 47.5 Å². The van der Waals surface area contributed by atoms with Crippen LogP contribution in [0.15, 0.2) is 0 Å². The summed E-state index contributed by atoms with van der Waals surface area (Å²) in [5, 5.41) is 4.55. The van der Waals surface area contributed by atoms with Crippen LogP contribution in [-0.2, 0) is 24.0 Å². The molecule has 4 amide bonds. The smallest absolute Gasteiger partial charge is 0.344 e. The van der Waals surface area contributed by atoms with E-state index in [1.165, 1.54) is 30.6 Å². The van der Waals surface area contributed by atoms with Crippen molar-refractivity contribution >= 4 is 29.4 Å². The van der Waals surface area contributed by atoms with Crippen molar-refractivity contribution in [3.63, 3.8) is 0 Å². The summed E-state index contributed by atoms with van der Waals surface area (Å²) >= 11 is 0. The lowest BCUT2D eigenvalue weighted by Gasteiger charge is -2.37. The second-order valence-electron chi connectivity index (χ2n) is 12.2. The summed E-state index contributed by atoms with van der Waals surface area (Å²) in [4.78, 5) is 67.4. The zero-order chi connectivity index (χ0) is 28.6. The molecule has 3 aliphatic rings. The topological polar surface area (TPSA) is 116 Å². The zero-order valence-electron chi connectivity index (χ0n) is 22.7. The molecule has 2 N–H and O–H groups in total. The van der Waals surface area contributed by atoms with Gasteiger partial charge in [-0.05, 0) is 42.4 Å². The van der Waals surface area contributed by atoms with Gasteiger partial charge in [-0.25, -0.2) is 0 Å². The highest BCUT2D eigenvalue weighted by molar-refractivity contribution is 6.38. The van der Waals surface area contributed by atoms with Crippen LogP contribution in [0.5, 0.6) is 0 Å². The fraction of sp³-hybridized carbons (Fsp3) is 0.808. The molecular weight excluding hydrogens is 505 g/mol. The summed E-state index contributed by atoms with van der Waals surface area (Å²) in [6.07, 6.45) is -1.82. The number of nitrogens with one attached hydrogen (secondary N) is 2. The first-order valence-corrected chi connectivity index (χ1v) is 13.3. The van der Waals surface area contributed by atoms with Crippen molar-refractivity contribution in [3.8, 4) is 0 Å². The Morgan fingerprint density at radius 1 is 0.921 bits per heavy atom. The molecule has 3 rings (SSSR count). The Bertz CT molecular complexity index is 954. The molecule has 1 saturated carbocycles. The first-order chi connectivity index (χ1) is 17.5. The standard InChI is InChI=1S/C26H39F3N4O5/c1-14(2)16-9-12-33(23(37)20(25(3,4)5)31-24(38)26(27,28)29)18(16)21(35)30-17(13-15-7-8-15)19(34)22(36)32-10-6-11-32/h14-18,20H,6-13H2,1-5H3,(H,30,35)(H,31,38)/t16?,17?,18-,20+/m0/s1. The minimum Gasteiger partial charge on any atom is -0.344 e. The molecule has 0 bridgehead atoms. The van der Waals surface area contributed by atoms with Gasteiger partial charge in [0.15, 0.2) is 0 Å². The zero-order valence-corrected chi connectivity index (χ0v) is 22.7. The Kier molecular flexibility index (Phi) is 8.82. The highest BCUT2D eigenvalue weighted by atomic mass is 19.4. The van der Waals surface area contributed by atoms with Gasteiger partial charge >= 0.3 is 12.1 Å². The lowest BCUT2D eigenvalue weighted by Crippen LogP contribution is -2.61. The summed E-state index contributed by atoms with van der Waals surface area (Å²) in [5.74, 6) is -5.11. The van der Waals surface area contributed by atoms with E-state index >= 15 is 0 Å². The summed E-state index contributed by atoms with van der Waals surface area (Å²) in [6.45, 7) is 9.45. The van der Waals surface area contributed by atoms with Gasteiger partial charge < -0.3 is 20.4 Å². The average Bonchev–Trinajstić information content (AvgIpc) is 3.46. The molecular formula is C26H39F3N4O5. The van der Waals surface area contributed by atoms with E-state index in [2.05, 4.69) is 5.32 Å².